The van der Waals surface area contributed by atoms with Crippen molar-refractivity contribution in [1.82, 2.24) is 10.6 Å². The Hall–Kier alpha value is -1.95. The lowest BCUT2D eigenvalue weighted by Crippen LogP contribution is -2.29. The summed E-state index contributed by atoms with van der Waals surface area (Å²) >= 11 is 0. The van der Waals surface area contributed by atoms with Crippen LogP contribution in [0, 0.1) is 10.1 Å². The van der Waals surface area contributed by atoms with E-state index in [0.717, 1.165) is 13.0 Å². The van der Waals surface area contributed by atoms with Gasteiger partial charge >= 0.3 is 0 Å². The van der Waals surface area contributed by atoms with Crippen LogP contribution in [-0.2, 0) is 11.2 Å². The molecule has 1 aliphatic carbocycles. The van der Waals surface area contributed by atoms with Gasteiger partial charge in [0.25, 0.3) is 5.69 Å². The normalized spacial score (nSPS) is 14.0. The number of rotatable bonds is 8. The second-order valence-corrected chi connectivity index (χ2v) is 5.04. The van der Waals surface area contributed by atoms with Crippen molar-refractivity contribution in [2.24, 2.45) is 0 Å². The van der Waals surface area contributed by atoms with E-state index in [1.807, 2.05) is 0 Å². The highest BCUT2D eigenvalue weighted by molar-refractivity contribution is 5.78. The Balaban J connectivity index is 1.67. The highest BCUT2D eigenvalue weighted by Crippen LogP contribution is 2.18. The lowest BCUT2D eigenvalue weighted by atomic mass is 10.1. The average molecular weight is 277 g/mol. The lowest BCUT2D eigenvalue weighted by Gasteiger charge is -2.06. The molecule has 20 heavy (non-hydrogen) atoms. The van der Waals surface area contributed by atoms with Crippen LogP contribution in [0.4, 0.5) is 5.69 Å². The summed E-state index contributed by atoms with van der Waals surface area (Å²) < 4.78 is 0. The number of nitro benzene ring substituents is 1. The molecule has 1 aromatic carbocycles. The van der Waals surface area contributed by atoms with Gasteiger partial charge in [0, 0.05) is 24.7 Å². The van der Waals surface area contributed by atoms with Crippen LogP contribution < -0.4 is 10.6 Å². The molecule has 0 spiro atoms. The zero-order valence-corrected chi connectivity index (χ0v) is 11.3. The van der Waals surface area contributed by atoms with Gasteiger partial charge in [-0.3, -0.25) is 14.9 Å². The molecular weight excluding hydrogens is 258 g/mol. The molecule has 6 nitrogen and oxygen atoms in total. The molecule has 2 N–H and O–H groups in total. The van der Waals surface area contributed by atoms with Gasteiger partial charge in [-0.1, -0.05) is 12.1 Å². The van der Waals surface area contributed by atoms with E-state index in [0.29, 0.717) is 18.2 Å². The molecule has 6 heteroatoms. The predicted molar refractivity (Wildman–Crippen MR) is 75.5 cm³/mol. The smallest absolute Gasteiger partial charge is 0.269 e. The molecular formula is C14H19N3O3. The molecule has 1 fully saturated rings. The van der Waals surface area contributed by atoms with Crippen LogP contribution >= 0.6 is 0 Å². The number of nitrogens with one attached hydrogen (secondary N) is 2. The fraction of sp³-hybridized carbons (Fsp3) is 0.500. The number of carbonyl (C=O) groups is 1. The minimum absolute atomic E-state index is 0.0175. The second-order valence-electron chi connectivity index (χ2n) is 5.04. The molecule has 108 valence electrons. The van der Waals surface area contributed by atoms with Gasteiger partial charge in [0.2, 0.25) is 5.91 Å². The van der Waals surface area contributed by atoms with Crippen molar-refractivity contribution in [3.8, 4) is 0 Å². The topological polar surface area (TPSA) is 84.3 Å². The SMILES string of the molecule is O=C(Cc1cccc([N+](=O)[O-])c1)NCCCNC1CC1. The number of benzene rings is 1. The van der Waals surface area contributed by atoms with E-state index in [4.69, 9.17) is 0 Å². The monoisotopic (exact) mass is 277 g/mol. The maximum Gasteiger partial charge on any atom is 0.269 e. The molecule has 0 heterocycles. The molecule has 0 unspecified atom stereocenters. The van der Waals surface area contributed by atoms with E-state index in [-0.39, 0.29) is 18.0 Å². The summed E-state index contributed by atoms with van der Waals surface area (Å²) in [6.45, 7) is 1.55. The average Bonchev–Trinajstić information content (AvgIpc) is 3.22. The summed E-state index contributed by atoms with van der Waals surface area (Å²) in [4.78, 5) is 21.9. The van der Waals surface area contributed by atoms with Crippen molar-refractivity contribution in [2.75, 3.05) is 13.1 Å². The fourth-order valence-corrected chi connectivity index (χ4v) is 1.94. The molecule has 0 aliphatic heterocycles. The van der Waals surface area contributed by atoms with E-state index >= 15 is 0 Å². The molecule has 1 aromatic rings. The number of non-ortho nitro benzene ring substituents is 1. The van der Waals surface area contributed by atoms with Gasteiger partial charge in [0.05, 0.1) is 11.3 Å². The van der Waals surface area contributed by atoms with Crippen molar-refractivity contribution < 1.29 is 9.72 Å². The number of hydrogen-bond donors (Lipinski definition) is 2. The third-order valence-corrected chi connectivity index (χ3v) is 3.17. The molecule has 1 aliphatic rings. The highest BCUT2D eigenvalue weighted by Gasteiger charge is 2.19. The standard InChI is InChI=1S/C14H19N3O3/c18-14(16-8-2-7-15-12-5-6-12)10-11-3-1-4-13(9-11)17(19)20/h1,3-4,9,12,15H,2,5-8,10H2,(H,16,18). The summed E-state index contributed by atoms with van der Waals surface area (Å²) in [6, 6.07) is 6.87. The van der Waals surface area contributed by atoms with Gasteiger partial charge in [0.1, 0.15) is 0 Å². The minimum Gasteiger partial charge on any atom is -0.356 e. The lowest BCUT2D eigenvalue weighted by molar-refractivity contribution is -0.384. The first-order chi connectivity index (χ1) is 9.65. The number of carbonyl (C=O) groups excluding carboxylic acids is 1. The van der Waals surface area contributed by atoms with Crippen molar-refractivity contribution >= 4 is 11.6 Å². The van der Waals surface area contributed by atoms with Crippen LogP contribution in [0.1, 0.15) is 24.8 Å². The summed E-state index contributed by atoms with van der Waals surface area (Å²) in [5, 5.41) is 16.8. The Labute approximate surface area is 117 Å². The van der Waals surface area contributed by atoms with Crippen LogP contribution in [0.5, 0.6) is 0 Å². The van der Waals surface area contributed by atoms with E-state index in [9.17, 15) is 14.9 Å². The van der Waals surface area contributed by atoms with Gasteiger partial charge in [-0.05, 0) is 31.4 Å². The first-order valence-electron chi connectivity index (χ1n) is 6.88. The molecule has 0 radical (unpaired) electrons. The number of nitrogens with zero attached hydrogens (tertiary/aromatic N) is 1. The predicted octanol–water partition coefficient (Wildman–Crippen LogP) is 1.40. The zero-order chi connectivity index (χ0) is 14.4. The summed E-state index contributed by atoms with van der Waals surface area (Å²) in [7, 11) is 0. The Kier molecular flexibility index (Phi) is 5.06. The van der Waals surface area contributed by atoms with Crippen molar-refractivity contribution in [1.29, 1.82) is 0 Å². The van der Waals surface area contributed by atoms with E-state index < -0.39 is 4.92 Å². The minimum atomic E-state index is -0.453. The first-order valence-corrected chi connectivity index (χ1v) is 6.88. The summed E-state index contributed by atoms with van der Waals surface area (Å²) in [5.74, 6) is -0.100. The van der Waals surface area contributed by atoms with Gasteiger partial charge in [-0.2, -0.15) is 0 Å². The van der Waals surface area contributed by atoms with E-state index in [2.05, 4.69) is 10.6 Å². The summed E-state index contributed by atoms with van der Waals surface area (Å²) in [5.41, 5.74) is 0.678. The maximum atomic E-state index is 11.7. The van der Waals surface area contributed by atoms with E-state index in [1.54, 1.807) is 12.1 Å². The fourth-order valence-electron chi connectivity index (χ4n) is 1.94. The third-order valence-electron chi connectivity index (χ3n) is 3.17. The van der Waals surface area contributed by atoms with Crippen LogP contribution in [0.3, 0.4) is 0 Å². The van der Waals surface area contributed by atoms with Crippen LogP contribution in [0.2, 0.25) is 0 Å². The molecule has 2 rings (SSSR count). The molecule has 1 saturated carbocycles. The second kappa shape index (κ2) is 7.00. The van der Waals surface area contributed by atoms with Crippen molar-refractivity contribution in [2.45, 2.75) is 31.7 Å². The van der Waals surface area contributed by atoms with Gasteiger partial charge < -0.3 is 10.6 Å². The van der Waals surface area contributed by atoms with Crippen molar-refractivity contribution in [3.63, 3.8) is 0 Å². The number of nitro groups is 1. The number of amides is 1. The van der Waals surface area contributed by atoms with Crippen LogP contribution in [-0.4, -0.2) is 30.0 Å². The van der Waals surface area contributed by atoms with Gasteiger partial charge in [0.15, 0.2) is 0 Å². The van der Waals surface area contributed by atoms with Crippen LogP contribution in [0.25, 0.3) is 0 Å². The number of hydrogen-bond acceptors (Lipinski definition) is 4. The first kappa shape index (κ1) is 14.5. The van der Waals surface area contributed by atoms with Crippen LogP contribution in [0.15, 0.2) is 24.3 Å². The quantitative estimate of drug-likeness (QED) is 0.427. The van der Waals surface area contributed by atoms with Crippen molar-refractivity contribution in [3.05, 3.63) is 39.9 Å². The summed E-state index contributed by atoms with van der Waals surface area (Å²) in [6.07, 6.45) is 3.60. The molecule has 0 aromatic heterocycles. The molecule has 1 amide bonds. The Morgan fingerprint density at radius 1 is 1.35 bits per heavy atom. The highest BCUT2D eigenvalue weighted by atomic mass is 16.6. The Morgan fingerprint density at radius 2 is 2.15 bits per heavy atom. The Morgan fingerprint density at radius 3 is 2.85 bits per heavy atom. The molecule has 0 atom stereocenters. The zero-order valence-electron chi connectivity index (χ0n) is 11.3. The Bertz CT molecular complexity index is 486. The largest absolute Gasteiger partial charge is 0.356 e. The molecule has 0 saturated heterocycles. The maximum absolute atomic E-state index is 11.7. The van der Waals surface area contributed by atoms with Gasteiger partial charge in [-0.25, -0.2) is 0 Å². The van der Waals surface area contributed by atoms with Gasteiger partial charge in [-0.15, -0.1) is 0 Å². The molecule has 0 bridgehead atoms. The van der Waals surface area contributed by atoms with E-state index in [1.165, 1.54) is 25.0 Å². The third kappa shape index (κ3) is 4.97.